The zero-order valence-electron chi connectivity index (χ0n) is 39.5. The van der Waals surface area contributed by atoms with E-state index in [1.807, 2.05) is 6.08 Å². The van der Waals surface area contributed by atoms with E-state index >= 15 is 0 Å². The molecule has 1 atom stereocenters. The first-order valence-corrected chi connectivity index (χ1v) is 25.1. The van der Waals surface area contributed by atoms with Gasteiger partial charge in [-0.15, -0.1) is 0 Å². The van der Waals surface area contributed by atoms with Crippen LogP contribution in [0.15, 0.2) is 85.1 Å². The molecular weight excluding hydrogens is 741 g/mol. The van der Waals surface area contributed by atoms with Gasteiger partial charge in [-0.05, 0) is 83.5 Å². The van der Waals surface area contributed by atoms with Gasteiger partial charge in [0.05, 0.1) is 6.61 Å². The van der Waals surface area contributed by atoms with Crippen LogP contribution in [0.1, 0.15) is 226 Å². The summed E-state index contributed by atoms with van der Waals surface area (Å²) in [6.07, 6.45) is 66.0. The molecule has 60 heavy (non-hydrogen) atoms. The largest absolute Gasteiger partial charge is 0.462 e. The zero-order valence-corrected chi connectivity index (χ0v) is 39.5. The third kappa shape index (κ3) is 47.8. The van der Waals surface area contributed by atoms with Crippen molar-refractivity contribution in [2.75, 3.05) is 19.8 Å². The van der Waals surface area contributed by atoms with Crippen molar-refractivity contribution < 1.29 is 23.8 Å². The van der Waals surface area contributed by atoms with E-state index in [1.54, 1.807) is 0 Å². The van der Waals surface area contributed by atoms with Gasteiger partial charge in [-0.25, -0.2) is 0 Å². The lowest BCUT2D eigenvalue weighted by molar-refractivity contribution is -0.162. The lowest BCUT2D eigenvalue weighted by Gasteiger charge is -2.18. The lowest BCUT2D eigenvalue weighted by atomic mass is 10.1. The van der Waals surface area contributed by atoms with Crippen LogP contribution >= 0.6 is 0 Å². The van der Waals surface area contributed by atoms with Crippen LogP contribution in [0.4, 0.5) is 0 Å². The number of hydrogen-bond donors (Lipinski definition) is 0. The van der Waals surface area contributed by atoms with Crippen molar-refractivity contribution in [2.24, 2.45) is 0 Å². The Morgan fingerprint density at radius 2 is 0.783 bits per heavy atom. The summed E-state index contributed by atoms with van der Waals surface area (Å²) in [4.78, 5) is 25.3. The maximum Gasteiger partial charge on any atom is 0.306 e. The van der Waals surface area contributed by atoms with Gasteiger partial charge >= 0.3 is 11.9 Å². The van der Waals surface area contributed by atoms with Crippen LogP contribution in [0.2, 0.25) is 0 Å². The third-order valence-corrected chi connectivity index (χ3v) is 10.4. The van der Waals surface area contributed by atoms with E-state index in [-0.39, 0.29) is 25.2 Å². The van der Waals surface area contributed by atoms with Gasteiger partial charge in [0.2, 0.25) is 0 Å². The highest BCUT2D eigenvalue weighted by molar-refractivity contribution is 5.70. The Labute approximate surface area is 371 Å². The Kier molecular flexibility index (Phi) is 48.0. The molecule has 0 aromatic carbocycles. The molecule has 0 radical (unpaired) electrons. The van der Waals surface area contributed by atoms with Gasteiger partial charge in [0.15, 0.2) is 6.10 Å². The molecule has 1 unspecified atom stereocenters. The molecule has 0 fully saturated rings. The summed E-state index contributed by atoms with van der Waals surface area (Å²) in [5.74, 6) is -0.503. The predicted octanol–water partition coefficient (Wildman–Crippen LogP) is 16.9. The second kappa shape index (κ2) is 50.4. The number of carbonyl (C=O) groups is 2. The van der Waals surface area contributed by atoms with E-state index in [0.717, 1.165) is 77.0 Å². The highest BCUT2D eigenvalue weighted by atomic mass is 16.6. The van der Waals surface area contributed by atoms with Crippen LogP contribution < -0.4 is 0 Å². The highest BCUT2D eigenvalue weighted by Crippen LogP contribution is 2.13. The molecule has 0 saturated heterocycles. The van der Waals surface area contributed by atoms with E-state index in [0.29, 0.717) is 25.9 Å². The Morgan fingerprint density at radius 1 is 0.383 bits per heavy atom. The topological polar surface area (TPSA) is 61.8 Å². The van der Waals surface area contributed by atoms with Gasteiger partial charge in [0, 0.05) is 19.4 Å². The molecule has 0 saturated carbocycles. The average molecular weight is 835 g/mol. The van der Waals surface area contributed by atoms with Crippen LogP contribution in [0.3, 0.4) is 0 Å². The summed E-state index contributed by atoms with van der Waals surface area (Å²) in [5.41, 5.74) is 0. The molecule has 0 spiro atoms. The van der Waals surface area contributed by atoms with E-state index in [1.165, 1.54) is 109 Å². The first-order chi connectivity index (χ1) is 29.6. The molecule has 0 aromatic rings. The molecule has 0 rings (SSSR count). The van der Waals surface area contributed by atoms with E-state index in [4.69, 9.17) is 14.2 Å². The summed E-state index contributed by atoms with van der Waals surface area (Å²) in [7, 11) is 0. The summed E-state index contributed by atoms with van der Waals surface area (Å²) < 4.78 is 17.3. The number of allylic oxidation sites excluding steroid dienone is 14. The third-order valence-electron chi connectivity index (χ3n) is 10.4. The fourth-order valence-electron chi connectivity index (χ4n) is 6.71. The van der Waals surface area contributed by atoms with Gasteiger partial charge in [-0.1, -0.05) is 215 Å². The molecule has 0 bridgehead atoms. The number of rotatable bonds is 45. The van der Waals surface area contributed by atoms with Crippen LogP contribution in [-0.4, -0.2) is 37.9 Å². The van der Waals surface area contributed by atoms with Crippen molar-refractivity contribution in [3.8, 4) is 0 Å². The number of unbranched alkanes of at least 4 members (excludes halogenated alkanes) is 20. The standard InChI is InChI=1S/C55H94O5/c1-4-7-10-13-16-19-22-25-26-27-28-29-30-32-33-36-39-42-45-48-54(56)59-52-53(51-58-50-47-44-41-38-35-24-21-18-15-12-9-6-3)60-55(57)49-46-43-40-37-34-31-23-20-17-14-11-8-5-2/h7,10,16,19-20,23,25-26,28-29,32-33,39,42,53H,4-6,8-9,11-15,17-18,21-22,24,27,30-31,34-38,40-41,43-52H2,1-3H3/b10-7-,19-16-,23-20-,26-25-,29-28-,33-32-,42-39-. The summed E-state index contributed by atoms with van der Waals surface area (Å²) in [6, 6.07) is 0. The fraction of sp³-hybridized carbons (Fsp3) is 0.709. The normalized spacial score (nSPS) is 12.9. The minimum atomic E-state index is -0.571. The minimum absolute atomic E-state index is 0.0406. The SMILES string of the molecule is CC/C=C\C/C=C\C/C=C\C/C=C\C/C=C\C/C=C\CCC(=O)OCC(COCCCCCCCCCCCCCC)OC(=O)CCCCCCC/C=C\CCCCCC. The molecule has 0 N–H and O–H groups in total. The molecule has 5 heteroatoms. The number of carbonyl (C=O) groups excluding carboxylic acids is 2. The van der Waals surface area contributed by atoms with Gasteiger partial charge in [-0.3, -0.25) is 9.59 Å². The van der Waals surface area contributed by atoms with Crippen LogP contribution in [0.25, 0.3) is 0 Å². The zero-order chi connectivity index (χ0) is 43.5. The molecular formula is C55H94O5. The molecule has 0 aliphatic carbocycles. The van der Waals surface area contributed by atoms with Gasteiger partial charge < -0.3 is 14.2 Å². The molecule has 0 aromatic heterocycles. The molecule has 344 valence electrons. The second-order valence-electron chi connectivity index (χ2n) is 16.3. The van der Waals surface area contributed by atoms with Crippen molar-refractivity contribution >= 4 is 11.9 Å². The molecule has 0 heterocycles. The van der Waals surface area contributed by atoms with Crippen LogP contribution in [0.5, 0.6) is 0 Å². The lowest BCUT2D eigenvalue weighted by Crippen LogP contribution is -2.30. The van der Waals surface area contributed by atoms with Crippen LogP contribution in [0, 0.1) is 0 Å². The Balaban J connectivity index is 4.38. The smallest absolute Gasteiger partial charge is 0.306 e. The highest BCUT2D eigenvalue weighted by Gasteiger charge is 2.17. The summed E-state index contributed by atoms with van der Waals surface area (Å²) in [5, 5.41) is 0. The van der Waals surface area contributed by atoms with Gasteiger partial charge in [-0.2, -0.15) is 0 Å². The predicted molar refractivity (Wildman–Crippen MR) is 260 cm³/mol. The number of ether oxygens (including phenoxy) is 3. The van der Waals surface area contributed by atoms with Crippen LogP contribution in [-0.2, 0) is 23.8 Å². The Morgan fingerprint density at radius 3 is 1.28 bits per heavy atom. The van der Waals surface area contributed by atoms with Crippen molar-refractivity contribution in [2.45, 2.75) is 232 Å². The second-order valence-corrected chi connectivity index (χ2v) is 16.3. The Hall–Kier alpha value is -2.92. The van der Waals surface area contributed by atoms with Gasteiger partial charge in [0.25, 0.3) is 0 Å². The molecule has 0 amide bonds. The first kappa shape index (κ1) is 57.1. The minimum Gasteiger partial charge on any atom is -0.462 e. The quantitative estimate of drug-likeness (QED) is 0.0347. The molecule has 5 nitrogen and oxygen atoms in total. The average Bonchev–Trinajstić information content (AvgIpc) is 3.25. The fourth-order valence-corrected chi connectivity index (χ4v) is 6.71. The summed E-state index contributed by atoms with van der Waals surface area (Å²) >= 11 is 0. The monoisotopic (exact) mass is 835 g/mol. The maximum absolute atomic E-state index is 12.8. The molecule has 0 aliphatic heterocycles. The molecule has 0 aliphatic rings. The maximum atomic E-state index is 12.8. The van der Waals surface area contributed by atoms with E-state index < -0.39 is 6.10 Å². The summed E-state index contributed by atoms with van der Waals surface area (Å²) in [6.45, 7) is 7.62. The van der Waals surface area contributed by atoms with Crippen molar-refractivity contribution in [3.63, 3.8) is 0 Å². The first-order valence-electron chi connectivity index (χ1n) is 25.1. The van der Waals surface area contributed by atoms with E-state index in [2.05, 4.69) is 99.8 Å². The van der Waals surface area contributed by atoms with Crippen molar-refractivity contribution in [3.05, 3.63) is 85.1 Å². The van der Waals surface area contributed by atoms with Gasteiger partial charge in [0.1, 0.15) is 6.61 Å². The number of esters is 2. The Bertz CT molecular complexity index is 1130. The van der Waals surface area contributed by atoms with Crippen molar-refractivity contribution in [1.29, 1.82) is 0 Å². The van der Waals surface area contributed by atoms with E-state index in [9.17, 15) is 9.59 Å². The van der Waals surface area contributed by atoms with Crippen molar-refractivity contribution in [1.82, 2.24) is 0 Å². The number of hydrogen-bond acceptors (Lipinski definition) is 5.